The zero-order chi connectivity index (χ0) is 21.3. The maximum atomic E-state index is 12.6. The number of carboxylic acid groups (broad SMARTS) is 1. The van der Waals surface area contributed by atoms with Crippen molar-refractivity contribution in [2.75, 3.05) is 13.2 Å². The number of carboxylic acids is 1. The summed E-state index contributed by atoms with van der Waals surface area (Å²) in [4.78, 5) is 37.5. The van der Waals surface area contributed by atoms with Crippen molar-refractivity contribution in [3.05, 3.63) is 59.7 Å². The molecule has 0 aromatic heterocycles. The number of likely N-dealkylation sites (tertiary alicyclic amines) is 1. The van der Waals surface area contributed by atoms with E-state index in [1.807, 2.05) is 36.4 Å². The van der Waals surface area contributed by atoms with Crippen LogP contribution in [0.5, 0.6) is 0 Å². The summed E-state index contributed by atoms with van der Waals surface area (Å²) in [7, 11) is 0. The summed E-state index contributed by atoms with van der Waals surface area (Å²) in [5.74, 6) is -1.49. The molecular weight excluding hydrogens is 384 g/mol. The van der Waals surface area contributed by atoms with E-state index in [1.54, 1.807) is 6.92 Å². The number of benzene rings is 2. The third kappa shape index (κ3) is 3.63. The van der Waals surface area contributed by atoms with E-state index in [4.69, 9.17) is 4.74 Å². The van der Waals surface area contributed by atoms with Crippen LogP contribution in [0.3, 0.4) is 0 Å². The van der Waals surface area contributed by atoms with Gasteiger partial charge in [0.05, 0.1) is 0 Å². The van der Waals surface area contributed by atoms with Crippen molar-refractivity contribution in [3.8, 4) is 11.1 Å². The SMILES string of the molecule is C[C@H](NC(=O)OCC1c2ccccc2-c2ccccc21)C(=O)N1CCCC1C(=O)O. The Morgan fingerprint density at radius 3 is 2.30 bits per heavy atom. The normalized spacial score (nSPS) is 18.4. The van der Waals surface area contributed by atoms with E-state index in [2.05, 4.69) is 17.4 Å². The molecule has 2 amide bonds. The molecule has 1 saturated heterocycles. The molecule has 1 heterocycles. The molecule has 1 aliphatic heterocycles. The van der Waals surface area contributed by atoms with Crippen molar-refractivity contribution < 1.29 is 24.2 Å². The third-order valence-corrected chi connectivity index (χ3v) is 5.87. The van der Waals surface area contributed by atoms with Gasteiger partial charge in [-0.2, -0.15) is 0 Å². The Morgan fingerprint density at radius 2 is 1.70 bits per heavy atom. The minimum absolute atomic E-state index is 0.0656. The number of carbonyl (C=O) groups excluding carboxylic acids is 2. The zero-order valence-corrected chi connectivity index (χ0v) is 16.7. The number of hydrogen-bond donors (Lipinski definition) is 2. The number of amides is 2. The highest BCUT2D eigenvalue weighted by Gasteiger charge is 2.36. The second-order valence-electron chi connectivity index (χ2n) is 7.72. The van der Waals surface area contributed by atoms with Crippen LogP contribution in [0.2, 0.25) is 0 Å². The molecule has 0 radical (unpaired) electrons. The predicted octanol–water partition coefficient (Wildman–Crippen LogP) is 2.99. The minimum Gasteiger partial charge on any atom is -0.480 e. The molecule has 2 atom stereocenters. The Labute approximate surface area is 174 Å². The fraction of sp³-hybridized carbons (Fsp3) is 0.348. The summed E-state index contributed by atoms with van der Waals surface area (Å²) in [6.07, 6.45) is 0.378. The van der Waals surface area contributed by atoms with Gasteiger partial charge in [-0.25, -0.2) is 9.59 Å². The lowest BCUT2D eigenvalue weighted by atomic mass is 9.98. The second-order valence-corrected chi connectivity index (χ2v) is 7.72. The van der Waals surface area contributed by atoms with Crippen molar-refractivity contribution in [3.63, 3.8) is 0 Å². The maximum absolute atomic E-state index is 12.6. The van der Waals surface area contributed by atoms with E-state index in [0.29, 0.717) is 19.4 Å². The van der Waals surface area contributed by atoms with Crippen LogP contribution >= 0.6 is 0 Å². The Bertz CT molecular complexity index is 944. The molecule has 0 saturated carbocycles. The monoisotopic (exact) mass is 408 g/mol. The first-order valence-corrected chi connectivity index (χ1v) is 10.1. The highest BCUT2D eigenvalue weighted by Crippen LogP contribution is 2.44. The molecule has 7 heteroatoms. The van der Waals surface area contributed by atoms with Gasteiger partial charge in [-0.1, -0.05) is 48.5 Å². The predicted molar refractivity (Wildman–Crippen MR) is 110 cm³/mol. The van der Waals surface area contributed by atoms with Crippen LogP contribution < -0.4 is 5.32 Å². The van der Waals surface area contributed by atoms with Gasteiger partial charge in [0, 0.05) is 12.5 Å². The lowest BCUT2D eigenvalue weighted by Gasteiger charge is -2.25. The first-order chi connectivity index (χ1) is 14.5. The van der Waals surface area contributed by atoms with Crippen LogP contribution in [0.15, 0.2) is 48.5 Å². The van der Waals surface area contributed by atoms with Crippen molar-refractivity contribution in [1.29, 1.82) is 0 Å². The van der Waals surface area contributed by atoms with Gasteiger partial charge in [0.1, 0.15) is 18.7 Å². The van der Waals surface area contributed by atoms with E-state index in [9.17, 15) is 19.5 Å². The maximum Gasteiger partial charge on any atom is 0.407 e. The number of nitrogens with one attached hydrogen (secondary N) is 1. The lowest BCUT2D eigenvalue weighted by molar-refractivity contribution is -0.148. The smallest absolute Gasteiger partial charge is 0.407 e. The molecule has 30 heavy (non-hydrogen) atoms. The van der Waals surface area contributed by atoms with E-state index in [-0.39, 0.29) is 12.5 Å². The molecule has 2 aromatic carbocycles. The molecule has 2 aliphatic rings. The fourth-order valence-corrected chi connectivity index (χ4v) is 4.41. The number of hydrogen-bond acceptors (Lipinski definition) is 4. The number of alkyl carbamates (subject to hydrolysis) is 1. The average Bonchev–Trinajstić information content (AvgIpc) is 3.35. The van der Waals surface area contributed by atoms with Gasteiger partial charge in [0.25, 0.3) is 0 Å². The van der Waals surface area contributed by atoms with E-state index in [1.165, 1.54) is 4.90 Å². The van der Waals surface area contributed by atoms with Crippen molar-refractivity contribution in [2.24, 2.45) is 0 Å². The zero-order valence-electron chi connectivity index (χ0n) is 16.7. The number of fused-ring (bicyclic) bond motifs is 3. The van der Waals surface area contributed by atoms with E-state index < -0.39 is 30.1 Å². The van der Waals surface area contributed by atoms with Crippen LogP contribution in [0.1, 0.15) is 36.8 Å². The first-order valence-electron chi connectivity index (χ1n) is 10.1. The van der Waals surface area contributed by atoms with Crippen LogP contribution in [0.25, 0.3) is 11.1 Å². The van der Waals surface area contributed by atoms with Gasteiger partial charge < -0.3 is 20.1 Å². The van der Waals surface area contributed by atoms with Gasteiger partial charge in [-0.05, 0) is 42.0 Å². The van der Waals surface area contributed by atoms with E-state index in [0.717, 1.165) is 22.3 Å². The van der Waals surface area contributed by atoms with Crippen molar-refractivity contribution >= 4 is 18.0 Å². The number of ether oxygens (including phenoxy) is 1. The summed E-state index contributed by atoms with van der Waals surface area (Å²) in [5, 5.41) is 11.8. The summed E-state index contributed by atoms with van der Waals surface area (Å²) < 4.78 is 5.46. The summed E-state index contributed by atoms with van der Waals surface area (Å²) in [6, 6.07) is 14.4. The van der Waals surface area contributed by atoms with Gasteiger partial charge in [-0.3, -0.25) is 4.79 Å². The highest BCUT2D eigenvalue weighted by molar-refractivity contribution is 5.89. The average molecular weight is 408 g/mol. The molecule has 1 fully saturated rings. The quantitative estimate of drug-likeness (QED) is 0.793. The molecule has 2 aromatic rings. The molecule has 1 aliphatic carbocycles. The van der Waals surface area contributed by atoms with Crippen LogP contribution in [-0.4, -0.2) is 53.2 Å². The topological polar surface area (TPSA) is 95.9 Å². The molecule has 0 spiro atoms. The Morgan fingerprint density at radius 1 is 1.10 bits per heavy atom. The van der Waals surface area contributed by atoms with Gasteiger partial charge in [0.2, 0.25) is 5.91 Å². The van der Waals surface area contributed by atoms with Gasteiger partial charge in [0.15, 0.2) is 0 Å². The van der Waals surface area contributed by atoms with Crippen LogP contribution in [0, 0.1) is 0 Å². The molecule has 2 N–H and O–H groups in total. The second kappa shape index (κ2) is 8.18. The molecule has 1 unspecified atom stereocenters. The number of rotatable bonds is 5. The van der Waals surface area contributed by atoms with E-state index >= 15 is 0 Å². The summed E-state index contributed by atoms with van der Waals surface area (Å²) >= 11 is 0. The van der Waals surface area contributed by atoms with Crippen molar-refractivity contribution in [1.82, 2.24) is 10.2 Å². The highest BCUT2D eigenvalue weighted by atomic mass is 16.5. The molecule has 156 valence electrons. The minimum atomic E-state index is -1.02. The van der Waals surface area contributed by atoms with Crippen LogP contribution in [-0.2, 0) is 14.3 Å². The fourth-order valence-electron chi connectivity index (χ4n) is 4.41. The standard InChI is InChI=1S/C23H24N2O5/c1-14(21(26)25-12-6-11-20(25)22(27)28)24-23(29)30-13-19-17-9-4-2-7-15(17)16-8-3-5-10-18(16)19/h2-5,7-10,14,19-20H,6,11-13H2,1H3,(H,24,29)(H,27,28)/t14-,20?/m0/s1. The Hall–Kier alpha value is -3.35. The summed E-state index contributed by atoms with van der Waals surface area (Å²) in [6.45, 7) is 2.08. The molecule has 4 rings (SSSR count). The third-order valence-electron chi connectivity index (χ3n) is 5.87. The van der Waals surface area contributed by atoms with Gasteiger partial charge in [-0.15, -0.1) is 0 Å². The number of nitrogens with zero attached hydrogens (tertiary/aromatic N) is 1. The lowest BCUT2D eigenvalue weighted by Crippen LogP contribution is -2.50. The van der Waals surface area contributed by atoms with Gasteiger partial charge >= 0.3 is 12.1 Å². The number of carbonyl (C=O) groups is 3. The molecular formula is C23H24N2O5. The Balaban J connectivity index is 1.38. The summed E-state index contributed by atoms with van der Waals surface area (Å²) in [5.41, 5.74) is 4.49. The Kier molecular flexibility index (Phi) is 5.44. The first kappa shape index (κ1) is 19.9. The largest absolute Gasteiger partial charge is 0.480 e. The molecule has 7 nitrogen and oxygen atoms in total. The molecule has 0 bridgehead atoms. The number of aliphatic carboxylic acids is 1. The van der Waals surface area contributed by atoms with Crippen molar-refractivity contribution in [2.45, 2.75) is 37.8 Å². The van der Waals surface area contributed by atoms with Crippen LogP contribution in [0.4, 0.5) is 4.79 Å².